The number of hydrogen-bond acceptors (Lipinski definition) is 6. The summed E-state index contributed by atoms with van der Waals surface area (Å²) in [5.41, 5.74) is -0.596. The van der Waals surface area contributed by atoms with Gasteiger partial charge in [0.25, 0.3) is 0 Å². The van der Waals surface area contributed by atoms with E-state index < -0.39 is 22.8 Å². The van der Waals surface area contributed by atoms with E-state index in [1.165, 1.54) is 6.07 Å². The van der Waals surface area contributed by atoms with E-state index in [-0.39, 0.29) is 34.4 Å². The van der Waals surface area contributed by atoms with E-state index in [0.29, 0.717) is 5.52 Å². The summed E-state index contributed by atoms with van der Waals surface area (Å²) in [6.07, 6.45) is 0.342. The first-order valence-corrected chi connectivity index (χ1v) is 7.48. The van der Waals surface area contributed by atoms with Crippen LogP contribution >= 0.6 is 11.5 Å². The molecule has 3 rings (SSSR count). The number of rotatable bonds is 2. The van der Waals surface area contributed by atoms with Crippen molar-refractivity contribution in [3.8, 4) is 0 Å². The summed E-state index contributed by atoms with van der Waals surface area (Å²) in [5, 5.41) is 13.9. The van der Waals surface area contributed by atoms with Crippen molar-refractivity contribution in [2.24, 2.45) is 5.41 Å². The molecule has 1 aliphatic carbocycles. The average molecular weight is 320 g/mol. The predicted molar refractivity (Wildman–Crippen MR) is 79.4 cm³/mol. The summed E-state index contributed by atoms with van der Waals surface area (Å²) in [6, 6.07) is 2.54. The second kappa shape index (κ2) is 4.95. The van der Waals surface area contributed by atoms with Crippen LogP contribution in [0, 0.1) is 11.2 Å². The van der Waals surface area contributed by atoms with Crippen LogP contribution in [0.25, 0.3) is 10.2 Å². The zero-order valence-electron chi connectivity index (χ0n) is 12.0. The van der Waals surface area contributed by atoms with Crippen molar-refractivity contribution in [3.63, 3.8) is 0 Å². The molecule has 0 spiro atoms. The number of fused-ring (bicyclic) bond motifs is 1. The zero-order valence-corrected chi connectivity index (χ0v) is 12.8. The van der Waals surface area contributed by atoms with Gasteiger partial charge in [-0.15, -0.1) is 5.10 Å². The van der Waals surface area contributed by atoms with Crippen molar-refractivity contribution in [1.29, 1.82) is 0 Å². The van der Waals surface area contributed by atoms with Crippen molar-refractivity contribution in [2.75, 3.05) is 0 Å². The molecule has 5 nitrogen and oxygen atoms in total. The van der Waals surface area contributed by atoms with Crippen molar-refractivity contribution in [3.05, 3.63) is 34.8 Å². The lowest BCUT2D eigenvalue weighted by Gasteiger charge is -2.29. The summed E-state index contributed by atoms with van der Waals surface area (Å²) in [7, 11) is 0. The number of Topliss-reactive ketones (excluding diaryl/α,β-unsaturated/α-hetero) is 2. The molecule has 1 heterocycles. The molecule has 2 aromatic rings. The van der Waals surface area contributed by atoms with Gasteiger partial charge in [-0.3, -0.25) is 9.59 Å². The smallest absolute Gasteiger partial charge is 0.204 e. The number of aliphatic hydroxyl groups excluding tert-OH is 1. The van der Waals surface area contributed by atoms with Gasteiger partial charge in [0.1, 0.15) is 22.7 Å². The number of benzene rings is 1. The molecule has 0 aliphatic heterocycles. The number of aliphatic hydroxyl groups is 1. The van der Waals surface area contributed by atoms with Crippen LogP contribution in [0.4, 0.5) is 4.39 Å². The molecule has 7 heteroatoms. The Bertz CT molecular complexity index is 838. The number of hydrogen-bond donors (Lipinski definition) is 1. The first-order valence-electron chi connectivity index (χ1n) is 6.71. The lowest BCUT2D eigenvalue weighted by Crippen LogP contribution is -2.29. The monoisotopic (exact) mass is 320 g/mol. The molecule has 0 amide bonds. The minimum Gasteiger partial charge on any atom is -0.511 e. The molecule has 1 N–H and O–H groups in total. The summed E-state index contributed by atoms with van der Waals surface area (Å²) in [6.45, 7) is 3.66. The van der Waals surface area contributed by atoms with Gasteiger partial charge in [-0.1, -0.05) is 18.3 Å². The highest BCUT2D eigenvalue weighted by molar-refractivity contribution is 7.13. The molecular formula is C15H13FN2O3S. The second-order valence-electron chi connectivity index (χ2n) is 6.14. The molecule has 0 saturated heterocycles. The third-order valence-corrected chi connectivity index (χ3v) is 4.43. The molecular weight excluding hydrogens is 307 g/mol. The molecule has 0 atom stereocenters. The SMILES string of the molecule is CC1(C)CC(=O)C(C(=O)c2c(F)ccc3nnsc23)=C(O)C1. The molecule has 0 radical (unpaired) electrons. The molecule has 114 valence electrons. The number of carbonyl (C=O) groups is 2. The Morgan fingerprint density at radius 3 is 2.77 bits per heavy atom. The largest absolute Gasteiger partial charge is 0.511 e. The quantitative estimate of drug-likeness (QED) is 0.679. The van der Waals surface area contributed by atoms with Crippen LogP contribution in [0.5, 0.6) is 0 Å². The molecule has 0 bridgehead atoms. The Labute approximate surface area is 129 Å². The lowest BCUT2D eigenvalue weighted by molar-refractivity contribution is -0.118. The fraction of sp³-hybridized carbons (Fsp3) is 0.333. The van der Waals surface area contributed by atoms with Gasteiger partial charge in [-0.25, -0.2) is 4.39 Å². The number of allylic oxidation sites excluding steroid dienone is 2. The fourth-order valence-corrected chi connectivity index (χ4v) is 3.40. The van der Waals surface area contributed by atoms with E-state index in [4.69, 9.17) is 0 Å². The van der Waals surface area contributed by atoms with E-state index >= 15 is 0 Å². The third kappa shape index (κ3) is 2.31. The van der Waals surface area contributed by atoms with Gasteiger partial charge in [0.2, 0.25) is 5.78 Å². The minimum absolute atomic E-state index is 0.136. The highest BCUT2D eigenvalue weighted by Gasteiger charge is 2.37. The minimum atomic E-state index is -0.799. The topological polar surface area (TPSA) is 80.2 Å². The number of aromatic nitrogens is 2. The molecule has 1 aromatic carbocycles. The first kappa shape index (κ1) is 14.8. The Balaban J connectivity index is 2.16. The van der Waals surface area contributed by atoms with Crippen LogP contribution in [0.3, 0.4) is 0 Å². The van der Waals surface area contributed by atoms with Gasteiger partial charge in [-0.05, 0) is 29.1 Å². The van der Waals surface area contributed by atoms with Gasteiger partial charge in [0.15, 0.2) is 5.78 Å². The predicted octanol–water partition coefficient (Wildman–Crippen LogP) is 3.21. The molecule has 1 aromatic heterocycles. The van der Waals surface area contributed by atoms with Gasteiger partial charge >= 0.3 is 0 Å². The maximum Gasteiger partial charge on any atom is 0.204 e. The number of nitrogens with zero attached hydrogens (tertiary/aromatic N) is 2. The fourth-order valence-electron chi connectivity index (χ4n) is 2.71. The van der Waals surface area contributed by atoms with E-state index in [0.717, 1.165) is 17.6 Å². The average Bonchev–Trinajstić information content (AvgIpc) is 2.83. The molecule has 0 fully saturated rings. The number of ketones is 2. The first-order chi connectivity index (χ1) is 10.3. The Morgan fingerprint density at radius 2 is 2.09 bits per heavy atom. The summed E-state index contributed by atoms with van der Waals surface area (Å²) in [4.78, 5) is 24.9. The maximum absolute atomic E-state index is 14.1. The normalized spacial score (nSPS) is 18.0. The van der Waals surface area contributed by atoms with Crippen molar-refractivity contribution < 1.29 is 19.1 Å². The number of halogens is 1. The van der Waals surface area contributed by atoms with Crippen molar-refractivity contribution in [2.45, 2.75) is 26.7 Å². The van der Waals surface area contributed by atoms with Crippen molar-refractivity contribution >= 4 is 33.3 Å². The zero-order chi connectivity index (χ0) is 16.1. The maximum atomic E-state index is 14.1. The van der Waals surface area contributed by atoms with Crippen LogP contribution in [-0.4, -0.2) is 26.3 Å². The summed E-state index contributed by atoms with van der Waals surface area (Å²) >= 11 is 0.885. The second-order valence-corrected chi connectivity index (χ2v) is 6.89. The Kier molecular flexibility index (Phi) is 3.32. The lowest BCUT2D eigenvalue weighted by atomic mass is 9.75. The number of carbonyl (C=O) groups excluding carboxylic acids is 2. The standard InChI is InChI=1S/C15H13FN2O3S/c1-15(2)5-9(19)12(10(20)6-15)13(21)11-7(16)3-4-8-14(11)22-18-17-8/h3-4,19H,5-6H2,1-2H3. The van der Waals surface area contributed by atoms with Crippen LogP contribution in [-0.2, 0) is 4.79 Å². The molecule has 1 aliphatic rings. The Hall–Kier alpha value is -2.15. The van der Waals surface area contributed by atoms with E-state index in [2.05, 4.69) is 9.59 Å². The van der Waals surface area contributed by atoms with Gasteiger partial charge < -0.3 is 5.11 Å². The van der Waals surface area contributed by atoms with Gasteiger partial charge in [0, 0.05) is 12.8 Å². The molecule has 0 saturated carbocycles. The van der Waals surface area contributed by atoms with E-state index in [1.54, 1.807) is 0 Å². The highest BCUT2D eigenvalue weighted by Crippen LogP contribution is 2.37. The van der Waals surface area contributed by atoms with E-state index in [1.807, 2.05) is 13.8 Å². The molecule has 0 unspecified atom stereocenters. The van der Waals surface area contributed by atoms with Crippen LogP contribution in [0.2, 0.25) is 0 Å². The van der Waals surface area contributed by atoms with Crippen molar-refractivity contribution in [1.82, 2.24) is 9.59 Å². The molecule has 22 heavy (non-hydrogen) atoms. The van der Waals surface area contributed by atoms with Crippen LogP contribution in [0.15, 0.2) is 23.5 Å². The van der Waals surface area contributed by atoms with Crippen LogP contribution < -0.4 is 0 Å². The third-order valence-electron chi connectivity index (χ3n) is 3.67. The summed E-state index contributed by atoms with van der Waals surface area (Å²) in [5.74, 6) is -2.29. The summed E-state index contributed by atoms with van der Waals surface area (Å²) < 4.78 is 18.1. The van der Waals surface area contributed by atoms with E-state index in [9.17, 15) is 19.1 Å². The van der Waals surface area contributed by atoms with Gasteiger partial charge in [-0.2, -0.15) is 0 Å². The van der Waals surface area contributed by atoms with Crippen LogP contribution in [0.1, 0.15) is 37.0 Å². The highest BCUT2D eigenvalue weighted by atomic mass is 32.1. The Morgan fingerprint density at radius 1 is 1.36 bits per heavy atom. The van der Waals surface area contributed by atoms with Gasteiger partial charge in [0.05, 0.1) is 10.3 Å².